The van der Waals surface area contributed by atoms with Gasteiger partial charge in [0.2, 0.25) is 11.7 Å². The molecule has 7 nitrogen and oxygen atoms in total. The summed E-state index contributed by atoms with van der Waals surface area (Å²) in [7, 11) is 1.65. The maximum Gasteiger partial charge on any atom is 0.226 e. The van der Waals surface area contributed by atoms with E-state index in [9.17, 15) is 0 Å². The first-order valence-electron chi connectivity index (χ1n) is 9.95. The standard InChI is InChI=1S/C21H33N5O2.HI/c1-6-22-20(25-21(2,3)4)23-15-9-7-8-10-18-24-19(26-28-18)16-11-13-17(27-5)14-12-16;/h11-14H,6-10,15H2,1-5H3,(H2,22,23,25);1H. The van der Waals surface area contributed by atoms with E-state index >= 15 is 0 Å². The quantitative estimate of drug-likeness (QED) is 0.223. The number of nitrogens with one attached hydrogen (secondary N) is 2. The molecule has 2 aromatic rings. The summed E-state index contributed by atoms with van der Waals surface area (Å²) in [6.45, 7) is 10.1. The molecule has 0 fully saturated rings. The Morgan fingerprint density at radius 1 is 1.14 bits per heavy atom. The van der Waals surface area contributed by atoms with Crippen LogP contribution in [0.15, 0.2) is 33.8 Å². The van der Waals surface area contributed by atoms with Gasteiger partial charge in [0.25, 0.3) is 0 Å². The second-order valence-electron chi connectivity index (χ2n) is 7.69. The van der Waals surface area contributed by atoms with Crippen LogP contribution in [0, 0.1) is 0 Å². The number of aryl methyl sites for hydroxylation is 1. The summed E-state index contributed by atoms with van der Waals surface area (Å²) < 4.78 is 10.5. The van der Waals surface area contributed by atoms with Crippen molar-refractivity contribution < 1.29 is 9.26 Å². The van der Waals surface area contributed by atoms with Crippen LogP contribution in [0.4, 0.5) is 0 Å². The fraction of sp³-hybridized carbons (Fsp3) is 0.571. The van der Waals surface area contributed by atoms with E-state index in [0.29, 0.717) is 11.7 Å². The second kappa shape index (κ2) is 12.7. The fourth-order valence-corrected chi connectivity index (χ4v) is 2.63. The number of methoxy groups -OCH3 is 1. The molecule has 1 aromatic heterocycles. The van der Waals surface area contributed by atoms with Crippen molar-refractivity contribution in [2.75, 3.05) is 20.2 Å². The third-order valence-corrected chi connectivity index (χ3v) is 3.97. The van der Waals surface area contributed by atoms with Crippen molar-refractivity contribution in [3.05, 3.63) is 30.2 Å². The Kier molecular flexibility index (Phi) is 11.0. The van der Waals surface area contributed by atoms with Gasteiger partial charge in [0, 0.05) is 30.6 Å². The molecule has 0 aliphatic rings. The minimum Gasteiger partial charge on any atom is -0.497 e. The first-order chi connectivity index (χ1) is 13.4. The lowest BCUT2D eigenvalue weighted by molar-refractivity contribution is 0.374. The Morgan fingerprint density at radius 2 is 1.86 bits per heavy atom. The fourth-order valence-electron chi connectivity index (χ4n) is 2.63. The Labute approximate surface area is 191 Å². The van der Waals surface area contributed by atoms with E-state index in [-0.39, 0.29) is 29.5 Å². The average Bonchev–Trinajstić information content (AvgIpc) is 3.12. The minimum absolute atomic E-state index is 0. The molecule has 0 bridgehead atoms. The Balaban J connectivity index is 0.00000420. The largest absolute Gasteiger partial charge is 0.497 e. The number of aliphatic imine (C=N–C) groups is 1. The van der Waals surface area contributed by atoms with Gasteiger partial charge in [0.1, 0.15) is 5.75 Å². The van der Waals surface area contributed by atoms with Crippen molar-refractivity contribution >= 4 is 29.9 Å². The highest BCUT2D eigenvalue weighted by Gasteiger charge is 2.11. The highest BCUT2D eigenvalue weighted by molar-refractivity contribution is 14.0. The first-order valence-corrected chi connectivity index (χ1v) is 9.95. The molecule has 8 heteroatoms. The van der Waals surface area contributed by atoms with Crippen molar-refractivity contribution in [1.29, 1.82) is 0 Å². The van der Waals surface area contributed by atoms with Crippen LogP contribution >= 0.6 is 24.0 Å². The molecule has 1 aromatic carbocycles. The van der Waals surface area contributed by atoms with E-state index in [1.54, 1.807) is 7.11 Å². The number of ether oxygens (including phenoxy) is 1. The van der Waals surface area contributed by atoms with Gasteiger partial charge < -0.3 is 19.9 Å². The van der Waals surface area contributed by atoms with Crippen molar-refractivity contribution in [3.8, 4) is 17.1 Å². The van der Waals surface area contributed by atoms with Crippen LogP contribution in [0.5, 0.6) is 5.75 Å². The monoisotopic (exact) mass is 515 g/mol. The van der Waals surface area contributed by atoms with Gasteiger partial charge in [0.15, 0.2) is 5.96 Å². The number of hydrogen-bond donors (Lipinski definition) is 2. The number of hydrogen-bond acceptors (Lipinski definition) is 5. The second-order valence-corrected chi connectivity index (χ2v) is 7.69. The topological polar surface area (TPSA) is 84.6 Å². The molecule has 29 heavy (non-hydrogen) atoms. The van der Waals surface area contributed by atoms with Crippen molar-refractivity contribution in [3.63, 3.8) is 0 Å². The summed E-state index contributed by atoms with van der Waals surface area (Å²) in [5.74, 6) is 2.98. The SMILES string of the molecule is CCNC(=NCCCCCc1nc(-c2ccc(OC)cc2)no1)NC(C)(C)C.I. The number of benzene rings is 1. The molecule has 0 aliphatic heterocycles. The van der Waals surface area contributed by atoms with Crippen LogP contribution in [0.2, 0.25) is 0 Å². The van der Waals surface area contributed by atoms with Gasteiger partial charge in [0.05, 0.1) is 7.11 Å². The third kappa shape index (κ3) is 9.47. The molecule has 2 rings (SSSR count). The van der Waals surface area contributed by atoms with Gasteiger partial charge in [-0.2, -0.15) is 4.98 Å². The Bertz CT molecular complexity index is 738. The minimum atomic E-state index is 0. The average molecular weight is 515 g/mol. The zero-order valence-electron chi connectivity index (χ0n) is 18.1. The van der Waals surface area contributed by atoms with Crippen LogP contribution in [-0.2, 0) is 6.42 Å². The zero-order valence-corrected chi connectivity index (χ0v) is 20.4. The predicted octanol–water partition coefficient (Wildman–Crippen LogP) is 4.43. The summed E-state index contributed by atoms with van der Waals surface area (Å²) in [4.78, 5) is 9.11. The molecule has 0 saturated heterocycles. The summed E-state index contributed by atoms with van der Waals surface area (Å²) in [6, 6.07) is 7.64. The molecular weight excluding hydrogens is 481 g/mol. The molecule has 0 unspecified atom stereocenters. The molecule has 2 N–H and O–H groups in total. The van der Waals surface area contributed by atoms with Gasteiger partial charge in [-0.3, -0.25) is 4.99 Å². The highest BCUT2D eigenvalue weighted by Crippen LogP contribution is 2.20. The molecule has 0 saturated carbocycles. The van der Waals surface area contributed by atoms with Crippen LogP contribution in [0.25, 0.3) is 11.4 Å². The number of halogens is 1. The number of rotatable bonds is 9. The Hall–Kier alpha value is -1.84. The van der Waals surface area contributed by atoms with Gasteiger partial charge in [-0.15, -0.1) is 24.0 Å². The maximum absolute atomic E-state index is 5.37. The van der Waals surface area contributed by atoms with E-state index in [1.165, 1.54) is 0 Å². The van der Waals surface area contributed by atoms with Crippen LogP contribution in [-0.4, -0.2) is 41.8 Å². The van der Waals surface area contributed by atoms with Crippen molar-refractivity contribution in [2.24, 2.45) is 4.99 Å². The molecule has 0 spiro atoms. The van der Waals surface area contributed by atoms with Crippen LogP contribution in [0.3, 0.4) is 0 Å². The van der Waals surface area contributed by atoms with E-state index in [1.807, 2.05) is 24.3 Å². The van der Waals surface area contributed by atoms with Gasteiger partial charge >= 0.3 is 0 Å². The lowest BCUT2D eigenvalue weighted by Crippen LogP contribution is -2.47. The number of unbranched alkanes of at least 4 members (excludes halogenated alkanes) is 2. The molecule has 0 atom stereocenters. The summed E-state index contributed by atoms with van der Waals surface area (Å²) in [6.07, 6.45) is 3.88. The lowest BCUT2D eigenvalue weighted by atomic mass is 10.1. The smallest absolute Gasteiger partial charge is 0.226 e. The van der Waals surface area contributed by atoms with Gasteiger partial charge in [-0.25, -0.2) is 0 Å². The number of aromatic nitrogens is 2. The highest BCUT2D eigenvalue weighted by atomic mass is 127. The normalized spacial score (nSPS) is 11.7. The van der Waals surface area contributed by atoms with Crippen LogP contribution in [0.1, 0.15) is 52.8 Å². The van der Waals surface area contributed by atoms with E-state index < -0.39 is 0 Å². The molecule has 0 radical (unpaired) electrons. The number of nitrogens with zero attached hydrogens (tertiary/aromatic N) is 3. The number of guanidine groups is 1. The van der Waals surface area contributed by atoms with Gasteiger partial charge in [-0.1, -0.05) is 11.6 Å². The van der Waals surface area contributed by atoms with Crippen LogP contribution < -0.4 is 15.4 Å². The first kappa shape index (κ1) is 25.2. The summed E-state index contributed by atoms with van der Waals surface area (Å²) in [5.41, 5.74) is 0.924. The van der Waals surface area contributed by atoms with Crippen molar-refractivity contribution in [2.45, 2.75) is 58.9 Å². The maximum atomic E-state index is 5.37. The summed E-state index contributed by atoms with van der Waals surface area (Å²) in [5, 5.41) is 10.7. The molecule has 162 valence electrons. The van der Waals surface area contributed by atoms with E-state index in [2.05, 4.69) is 53.5 Å². The predicted molar refractivity (Wildman–Crippen MR) is 128 cm³/mol. The molecule has 1 heterocycles. The zero-order chi connectivity index (χ0) is 20.4. The Morgan fingerprint density at radius 3 is 2.48 bits per heavy atom. The molecule has 0 amide bonds. The lowest BCUT2D eigenvalue weighted by Gasteiger charge is -2.23. The third-order valence-electron chi connectivity index (χ3n) is 3.97. The van der Waals surface area contributed by atoms with Crippen molar-refractivity contribution in [1.82, 2.24) is 20.8 Å². The van der Waals surface area contributed by atoms with E-state index in [0.717, 1.165) is 56.0 Å². The molecule has 0 aliphatic carbocycles. The molecular formula is C21H34IN5O2. The van der Waals surface area contributed by atoms with Gasteiger partial charge in [-0.05, 0) is 64.8 Å². The summed E-state index contributed by atoms with van der Waals surface area (Å²) >= 11 is 0. The van der Waals surface area contributed by atoms with E-state index in [4.69, 9.17) is 9.26 Å².